The van der Waals surface area contributed by atoms with E-state index in [0.29, 0.717) is 19.8 Å². The van der Waals surface area contributed by atoms with Gasteiger partial charge in [-0.3, -0.25) is 4.79 Å². The second-order valence-electron chi connectivity index (χ2n) is 4.94. The van der Waals surface area contributed by atoms with Crippen molar-refractivity contribution in [3.05, 3.63) is 29.3 Å². The lowest BCUT2D eigenvalue weighted by Crippen LogP contribution is -2.40. The number of anilines is 1. The number of hydrogen-bond donors (Lipinski definition) is 0. The molecule has 0 spiro atoms. The Morgan fingerprint density at radius 3 is 2.29 bits per heavy atom. The SMILES string of the molecule is CCc1cccc(CC)c1N(CC1OCCO1)C(=O)CCl. The first-order valence-corrected chi connectivity index (χ1v) is 7.95. The fourth-order valence-corrected chi connectivity index (χ4v) is 2.76. The van der Waals surface area contributed by atoms with E-state index in [4.69, 9.17) is 21.1 Å². The van der Waals surface area contributed by atoms with Crippen LogP contribution in [0, 0.1) is 0 Å². The van der Waals surface area contributed by atoms with Gasteiger partial charge in [-0.25, -0.2) is 0 Å². The molecule has 1 amide bonds. The molecule has 1 saturated heterocycles. The van der Waals surface area contributed by atoms with Crippen molar-refractivity contribution in [3.63, 3.8) is 0 Å². The number of halogens is 1. The van der Waals surface area contributed by atoms with Crippen molar-refractivity contribution >= 4 is 23.2 Å². The number of alkyl halides is 1. The Hall–Kier alpha value is -1.10. The summed E-state index contributed by atoms with van der Waals surface area (Å²) in [6.07, 6.45) is 1.36. The average molecular weight is 312 g/mol. The summed E-state index contributed by atoms with van der Waals surface area (Å²) in [6, 6.07) is 6.14. The van der Waals surface area contributed by atoms with E-state index < -0.39 is 0 Å². The summed E-state index contributed by atoms with van der Waals surface area (Å²) in [6.45, 7) is 5.71. The minimum atomic E-state index is -0.369. The van der Waals surface area contributed by atoms with Gasteiger partial charge in [-0.15, -0.1) is 11.6 Å². The van der Waals surface area contributed by atoms with Crippen LogP contribution >= 0.6 is 11.6 Å². The number of benzene rings is 1. The quantitative estimate of drug-likeness (QED) is 0.758. The molecule has 1 aromatic rings. The zero-order valence-electron chi connectivity index (χ0n) is 12.6. The highest BCUT2D eigenvalue weighted by Crippen LogP contribution is 2.28. The van der Waals surface area contributed by atoms with Crippen molar-refractivity contribution in [1.29, 1.82) is 0 Å². The molecule has 0 unspecified atom stereocenters. The lowest BCUT2D eigenvalue weighted by molar-refractivity contribution is -0.117. The summed E-state index contributed by atoms with van der Waals surface area (Å²) in [5.74, 6) is -0.167. The first-order valence-electron chi connectivity index (χ1n) is 7.41. The maximum atomic E-state index is 12.3. The third-order valence-corrected chi connectivity index (χ3v) is 3.90. The van der Waals surface area contributed by atoms with E-state index in [1.54, 1.807) is 4.90 Å². The summed E-state index contributed by atoms with van der Waals surface area (Å²) in [5, 5.41) is 0. The van der Waals surface area contributed by atoms with Gasteiger partial charge >= 0.3 is 0 Å². The average Bonchev–Trinajstić information content (AvgIpc) is 3.04. The van der Waals surface area contributed by atoms with E-state index in [-0.39, 0.29) is 18.1 Å². The van der Waals surface area contributed by atoms with Crippen LogP contribution < -0.4 is 4.90 Å². The zero-order valence-corrected chi connectivity index (χ0v) is 13.4. The highest BCUT2D eigenvalue weighted by molar-refractivity contribution is 6.29. The van der Waals surface area contributed by atoms with Gasteiger partial charge in [0.15, 0.2) is 6.29 Å². The molecule has 2 rings (SSSR count). The van der Waals surface area contributed by atoms with Gasteiger partial charge in [0.25, 0.3) is 0 Å². The molecule has 116 valence electrons. The Kier molecular flexibility index (Phi) is 6.03. The maximum Gasteiger partial charge on any atom is 0.242 e. The number of amides is 1. The van der Waals surface area contributed by atoms with Crippen LogP contribution in [0.25, 0.3) is 0 Å². The molecule has 21 heavy (non-hydrogen) atoms. The topological polar surface area (TPSA) is 38.8 Å². The monoisotopic (exact) mass is 311 g/mol. The third-order valence-electron chi connectivity index (χ3n) is 3.67. The van der Waals surface area contributed by atoms with E-state index in [2.05, 4.69) is 26.0 Å². The molecule has 1 aliphatic rings. The van der Waals surface area contributed by atoms with E-state index in [1.807, 2.05) is 6.07 Å². The molecule has 1 fully saturated rings. The number of para-hydroxylation sites is 1. The number of carbonyl (C=O) groups is 1. The summed E-state index contributed by atoms with van der Waals surface area (Å²) in [4.78, 5) is 14.0. The summed E-state index contributed by atoms with van der Waals surface area (Å²) in [5.41, 5.74) is 3.25. The smallest absolute Gasteiger partial charge is 0.242 e. The number of hydrogen-bond acceptors (Lipinski definition) is 3. The fourth-order valence-electron chi connectivity index (χ4n) is 2.61. The Labute approximate surface area is 131 Å². The van der Waals surface area contributed by atoms with Gasteiger partial charge < -0.3 is 14.4 Å². The van der Waals surface area contributed by atoms with Gasteiger partial charge in [0, 0.05) is 0 Å². The molecular weight excluding hydrogens is 290 g/mol. The fraction of sp³-hybridized carbons (Fsp3) is 0.562. The van der Waals surface area contributed by atoms with Crippen LogP contribution in [0.15, 0.2) is 18.2 Å². The van der Waals surface area contributed by atoms with Crippen LogP contribution in [-0.4, -0.2) is 37.8 Å². The van der Waals surface area contributed by atoms with Gasteiger partial charge in [0.1, 0.15) is 5.88 Å². The van der Waals surface area contributed by atoms with E-state index in [9.17, 15) is 4.79 Å². The van der Waals surface area contributed by atoms with E-state index in [1.165, 1.54) is 0 Å². The largest absolute Gasteiger partial charge is 0.348 e. The lowest BCUT2D eigenvalue weighted by atomic mass is 10.0. The Bertz CT molecular complexity index is 464. The molecule has 0 atom stereocenters. The third kappa shape index (κ3) is 3.76. The molecule has 0 bridgehead atoms. The predicted octanol–water partition coefficient (Wildman–Crippen LogP) is 2.76. The number of rotatable bonds is 6. The molecule has 1 heterocycles. The second kappa shape index (κ2) is 7.78. The van der Waals surface area contributed by atoms with Crippen LogP contribution in [-0.2, 0) is 27.1 Å². The second-order valence-corrected chi connectivity index (χ2v) is 5.21. The van der Waals surface area contributed by atoms with Gasteiger partial charge in [0.05, 0.1) is 25.4 Å². The number of ether oxygens (including phenoxy) is 2. The Balaban J connectivity index is 2.37. The van der Waals surface area contributed by atoms with Crippen molar-refractivity contribution in [3.8, 4) is 0 Å². The molecule has 0 saturated carbocycles. The highest BCUT2D eigenvalue weighted by Gasteiger charge is 2.26. The van der Waals surface area contributed by atoms with Crippen LogP contribution in [0.3, 0.4) is 0 Å². The van der Waals surface area contributed by atoms with Crippen molar-refractivity contribution in [2.45, 2.75) is 33.0 Å². The standard InChI is InChI=1S/C16H22ClNO3/c1-3-12-6-5-7-13(4-2)16(12)18(14(19)10-17)11-15-20-8-9-21-15/h5-7,15H,3-4,8-11H2,1-2H3. The molecule has 1 aromatic carbocycles. The molecule has 0 aliphatic carbocycles. The first kappa shape index (κ1) is 16.3. The van der Waals surface area contributed by atoms with Crippen LogP contribution in [0.1, 0.15) is 25.0 Å². The Morgan fingerprint density at radius 2 is 1.81 bits per heavy atom. The van der Waals surface area contributed by atoms with Crippen molar-refractivity contribution in [2.24, 2.45) is 0 Å². The van der Waals surface area contributed by atoms with Crippen LogP contribution in [0.5, 0.6) is 0 Å². The first-order chi connectivity index (χ1) is 10.2. The molecule has 4 nitrogen and oxygen atoms in total. The summed E-state index contributed by atoms with van der Waals surface area (Å²) >= 11 is 5.80. The highest BCUT2D eigenvalue weighted by atomic mass is 35.5. The van der Waals surface area contributed by atoms with Gasteiger partial charge in [-0.1, -0.05) is 32.0 Å². The number of nitrogens with zero attached hydrogens (tertiary/aromatic N) is 1. The van der Waals surface area contributed by atoms with Gasteiger partial charge in [-0.05, 0) is 24.0 Å². The van der Waals surface area contributed by atoms with Crippen molar-refractivity contribution < 1.29 is 14.3 Å². The number of aryl methyl sites for hydroxylation is 2. The molecule has 5 heteroatoms. The number of carbonyl (C=O) groups excluding carboxylic acids is 1. The molecule has 0 aromatic heterocycles. The minimum absolute atomic E-state index is 0.0477. The van der Waals surface area contributed by atoms with E-state index in [0.717, 1.165) is 29.7 Å². The normalized spacial score (nSPS) is 15.4. The predicted molar refractivity (Wildman–Crippen MR) is 84.0 cm³/mol. The molecule has 0 radical (unpaired) electrons. The van der Waals surface area contributed by atoms with Crippen LogP contribution in [0.4, 0.5) is 5.69 Å². The molecule has 1 aliphatic heterocycles. The van der Waals surface area contributed by atoms with Gasteiger partial charge in [0.2, 0.25) is 5.91 Å². The van der Waals surface area contributed by atoms with E-state index >= 15 is 0 Å². The van der Waals surface area contributed by atoms with Crippen molar-refractivity contribution in [2.75, 3.05) is 30.5 Å². The lowest BCUT2D eigenvalue weighted by Gasteiger charge is -2.28. The van der Waals surface area contributed by atoms with Gasteiger partial charge in [-0.2, -0.15) is 0 Å². The van der Waals surface area contributed by atoms with Crippen molar-refractivity contribution in [1.82, 2.24) is 0 Å². The summed E-state index contributed by atoms with van der Waals surface area (Å²) < 4.78 is 11.0. The molecule has 0 N–H and O–H groups in total. The Morgan fingerprint density at radius 1 is 1.24 bits per heavy atom. The maximum absolute atomic E-state index is 12.3. The van der Waals surface area contributed by atoms with Crippen LogP contribution in [0.2, 0.25) is 0 Å². The molecular formula is C16H22ClNO3. The summed E-state index contributed by atoms with van der Waals surface area (Å²) in [7, 11) is 0. The zero-order chi connectivity index (χ0) is 15.2. The minimum Gasteiger partial charge on any atom is -0.348 e.